The Balaban J connectivity index is 2.23. The van der Waals surface area contributed by atoms with E-state index in [4.69, 9.17) is 34.3 Å². The van der Waals surface area contributed by atoms with Crippen LogP contribution in [-0.2, 0) is 6.61 Å². The summed E-state index contributed by atoms with van der Waals surface area (Å²) in [7, 11) is 0. The Kier molecular flexibility index (Phi) is 5.29. The van der Waals surface area contributed by atoms with Crippen LogP contribution in [0.15, 0.2) is 47.4 Å². The van der Waals surface area contributed by atoms with Crippen molar-refractivity contribution >= 4 is 40.6 Å². The summed E-state index contributed by atoms with van der Waals surface area (Å²) in [4.78, 5) is 1.36. The summed E-state index contributed by atoms with van der Waals surface area (Å²) in [6, 6.07) is 13.4. The van der Waals surface area contributed by atoms with E-state index in [1.54, 1.807) is 11.8 Å². The summed E-state index contributed by atoms with van der Waals surface area (Å²) in [5, 5.41) is 0.693. The van der Waals surface area contributed by atoms with Gasteiger partial charge in [0, 0.05) is 9.92 Å². The zero-order valence-corrected chi connectivity index (χ0v) is 13.3. The van der Waals surface area contributed by atoms with Crippen molar-refractivity contribution in [3.8, 4) is 5.75 Å². The minimum Gasteiger partial charge on any atom is -0.488 e. The maximum atomic E-state index is 5.96. The quantitative estimate of drug-likeness (QED) is 0.658. The Bertz CT molecular complexity index is 631. The number of ether oxygens (including phenoxy) is 1. The van der Waals surface area contributed by atoms with Gasteiger partial charge in [0.15, 0.2) is 0 Å². The Morgan fingerprint density at radius 2 is 2.05 bits per heavy atom. The van der Waals surface area contributed by atoms with Crippen LogP contribution < -0.4 is 10.5 Å². The van der Waals surface area contributed by atoms with Gasteiger partial charge >= 0.3 is 0 Å². The largest absolute Gasteiger partial charge is 0.488 e. The maximum absolute atomic E-state index is 5.96. The van der Waals surface area contributed by atoms with Gasteiger partial charge < -0.3 is 10.5 Å². The van der Waals surface area contributed by atoms with Crippen molar-refractivity contribution in [1.29, 1.82) is 0 Å². The zero-order chi connectivity index (χ0) is 14.5. The molecule has 0 spiro atoms. The first-order chi connectivity index (χ1) is 9.61. The third-order valence-corrected chi connectivity index (χ3v) is 3.96. The fraction of sp³-hybridized carbons (Fsp3) is 0.133. The summed E-state index contributed by atoms with van der Waals surface area (Å²) in [5.74, 6) is 0.698. The molecule has 5 heteroatoms. The summed E-state index contributed by atoms with van der Waals surface area (Å²) in [6.45, 7) is 0.425. The Labute approximate surface area is 133 Å². The first-order valence-corrected chi connectivity index (χ1v) is 7.97. The topological polar surface area (TPSA) is 35.2 Å². The average Bonchev–Trinajstić information content (AvgIpc) is 2.44. The molecule has 0 aliphatic rings. The van der Waals surface area contributed by atoms with E-state index in [9.17, 15) is 0 Å². The molecule has 2 N–H and O–H groups in total. The second kappa shape index (κ2) is 6.97. The van der Waals surface area contributed by atoms with Gasteiger partial charge in [-0.2, -0.15) is 0 Å². The highest BCUT2D eigenvalue weighted by atomic mass is 35.5. The van der Waals surface area contributed by atoms with Crippen LogP contribution in [0.5, 0.6) is 5.75 Å². The van der Waals surface area contributed by atoms with Crippen LogP contribution in [0.3, 0.4) is 0 Å². The van der Waals surface area contributed by atoms with Gasteiger partial charge in [0.25, 0.3) is 0 Å². The molecule has 20 heavy (non-hydrogen) atoms. The minimum atomic E-state index is 0.344. The SMILES string of the molecule is CSc1cccc(OCc2cccc(Cl)c2)c1C(N)=S. The van der Waals surface area contributed by atoms with Gasteiger partial charge in [-0.25, -0.2) is 0 Å². The number of thioether (sulfide) groups is 1. The molecule has 2 rings (SSSR count). The molecule has 2 aromatic carbocycles. The highest BCUT2D eigenvalue weighted by Gasteiger charge is 2.11. The molecule has 0 radical (unpaired) electrons. The van der Waals surface area contributed by atoms with Crippen LogP contribution in [0.4, 0.5) is 0 Å². The molecule has 0 aliphatic heterocycles. The first-order valence-electron chi connectivity index (χ1n) is 5.96. The highest BCUT2D eigenvalue weighted by molar-refractivity contribution is 7.98. The Morgan fingerprint density at radius 1 is 1.30 bits per heavy atom. The summed E-state index contributed by atoms with van der Waals surface area (Å²) < 4.78 is 5.84. The molecular formula is C15H14ClNOS2. The van der Waals surface area contributed by atoms with E-state index in [0.29, 0.717) is 22.4 Å². The van der Waals surface area contributed by atoms with Gasteiger partial charge in [0.05, 0.1) is 5.56 Å². The van der Waals surface area contributed by atoms with Gasteiger partial charge in [-0.3, -0.25) is 0 Å². The lowest BCUT2D eigenvalue weighted by Crippen LogP contribution is -2.13. The van der Waals surface area contributed by atoms with Crippen LogP contribution in [-0.4, -0.2) is 11.2 Å². The smallest absolute Gasteiger partial charge is 0.131 e. The molecule has 0 unspecified atom stereocenters. The average molecular weight is 324 g/mol. The van der Waals surface area contributed by atoms with E-state index in [-0.39, 0.29) is 0 Å². The number of nitrogens with two attached hydrogens (primary N) is 1. The summed E-state index contributed by atoms with van der Waals surface area (Å²) in [5.41, 5.74) is 7.59. The van der Waals surface area contributed by atoms with Crippen LogP contribution in [0.1, 0.15) is 11.1 Å². The molecule has 2 nitrogen and oxygen atoms in total. The fourth-order valence-electron chi connectivity index (χ4n) is 1.83. The summed E-state index contributed by atoms with van der Waals surface area (Å²) >= 11 is 12.7. The predicted octanol–water partition coefficient (Wildman–Crippen LogP) is 4.28. The van der Waals surface area contributed by atoms with Crippen molar-refractivity contribution in [1.82, 2.24) is 0 Å². The molecule has 0 saturated heterocycles. The van der Waals surface area contributed by atoms with Gasteiger partial charge in [0.1, 0.15) is 17.3 Å². The van der Waals surface area contributed by atoms with Crippen LogP contribution in [0.2, 0.25) is 5.02 Å². The number of thiocarbonyl (C=S) groups is 1. The third kappa shape index (κ3) is 3.66. The highest BCUT2D eigenvalue weighted by Crippen LogP contribution is 2.29. The number of benzene rings is 2. The van der Waals surface area contributed by atoms with Crippen molar-refractivity contribution in [3.63, 3.8) is 0 Å². The first kappa shape index (κ1) is 15.2. The second-order valence-corrected chi connectivity index (χ2v) is 5.84. The van der Waals surface area contributed by atoms with E-state index in [2.05, 4.69) is 0 Å². The molecular weight excluding hydrogens is 310 g/mol. The molecule has 0 aromatic heterocycles. The fourth-order valence-corrected chi connectivity index (χ4v) is 2.95. The zero-order valence-electron chi connectivity index (χ0n) is 10.9. The number of rotatable bonds is 5. The van der Waals surface area contributed by atoms with Gasteiger partial charge in [-0.1, -0.05) is 42.0 Å². The third-order valence-electron chi connectivity index (χ3n) is 2.74. The lowest BCUT2D eigenvalue weighted by Gasteiger charge is -2.13. The lowest BCUT2D eigenvalue weighted by molar-refractivity contribution is 0.305. The number of hydrogen-bond donors (Lipinski definition) is 1. The van der Waals surface area contributed by atoms with Gasteiger partial charge in [-0.15, -0.1) is 11.8 Å². The van der Waals surface area contributed by atoms with E-state index in [1.807, 2.05) is 48.7 Å². The molecule has 2 aromatic rings. The molecule has 0 heterocycles. The van der Waals surface area contributed by atoms with Crippen molar-refractivity contribution in [2.45, 2.75) is 11.5 Å². The van der Waals surface area contributed by atoms with E-state index in [1.165, 1.54) is 0 Å². The molecule has 0 amide bonds. The van der Waals surface area contributed by atoms with Crippen molar-refractivity contribution in [2.24, 2.45) is 5.73 Å². The summed E-state index contributed by atoms with van der Waals surface area (Å²) in [6.07, 6.45) is 1.98. The van der Waals surface area contributed by atoms with E-state index >= 15 is 0 Å². The van der Waals surface area contributed by atoms with Crippen LogP contribution in [0.25, 0.3) is 0 Å². The molecule has 0 fully saturated rings. The van der Waals surface area contributed by atoms with E-state index in [0.717, 1.165) is 16.0 Å². The second-order valence-electron chi connectivity index (χ2n) is 4.12. The van der Waals surface area contributed by atoms with Gasteiger partial charge in [-0.05, 0) is 36.1 Å². The number of halogens is 1. The van der Waals surface area contributed by atoms with E-state index < -0.39 is 0 Å². The number of hydrogen-bond acceptors (Lipinski definition) is 3. The van der Waals surface area contributed by atoms with Crippen molar-refractivity contribution < 1.29 is 4.74 Å². The van der Waals surface area contributed by atoms with Crippen LogP contribution in [0, 0.1) is 0 Å². The molecule has 0 saturated carbocycles. The van der Waals surface area contributed by atoms with Crippen molar-refractivity contribution in [2.75, 3.05) is 6.26 Å². The maximum Gasteiger partial charge on any atom is 0.131 e. The van der Waals surface area contributed by atoms with Gasteiger partial charge in [0.2, 0.25) is 0 Å². The van der Waals surface area contributed by atoms with Crippen molar-refractivity contribution in [3.05, 3.63) is 58.6 Å². The molecule has 104 valence electrons. The Hall–Kier alpha value is -1.23. The predicted molar refractivity (Wildman–Crippen MR) is 89.9 cm³/mol. The molecule has 0 atom stereocenters. The Morgan fingerprint density at radius 3 is 2.70 bits per heavy atom. The molecule has 0 bridgehead atoms. The van der Waals surface area contributed by atoms with Crippen LogP contribution >= 0.6 is 35.6 Å². The minimum absolute atomic E-state index is 0.344. The lowest BCUT2D eigenvalue weighted by atomic mass is 10.2. The molecule has 0 aliphatic carbocycles. The normalized spacial score (nSPS) is 10.3. The monoisotopic (exact) mass is 323 g/mol. The standard InChI is InChI=1S/C15H14ClNOS2/c1-20-13-7-3-6-12(14(13)15(17)19)18-9-10-4-2-5-11(16)8-10/h2-8H,9H2,1H3,(H2,17,19).